The third-order valence-corrected chi connectivity index (χ3v) is 2.44. The van der Waals surface area contributed by atoms with Gasteiger partial charge in [-0.2, -0.15) is 13.2 Å². The van der Waals surface area contributed by atoms with E-state index in [1.165, 1.54) is 6.20 Å². The van der Waals surface area contributed by atoms with Crippen molar-refractivity contribution in [2.75, 3.05) is 0 Å². The molecule has 0 radical (unpaired) electrons. The summed E-state index contributed by atoms with van der Waals surface area (Å²) >= 11 is 1.78. The molecule has 0 spiro atoms. The van der Waals surface area contributed by atoms with E-state index in [0.29, 0.717) is 3.57 Å². The Morgan fingerprint density at radius 2 is 2.00 bits per heavy atom. The van der Waals surface area contributed by atoms with Crippen molar-refractivity contribution in [2.24, 2.45) is 5.73 Å². The molecule has 1 aromatic rings. The first-order valence-corrected chi connectivity index (χ1v) is 4.44. The Hall–Kier alpha value is -0.370. The molecule has 0 saturated carbocycles. The third-order valence-electron chi connectivity index (χ3n) is 1.51. The third kappa shape index (κ3) is 2.31. The normalized spacial score (nSPS) is 11.8. The average molecular weight is 302 g/mol. The molecular formula is C7H6F3IN2. The van der Waals surface area contributed by atoms with Crippen LogP contribution >= 0.6 is 22.6 Å². The Labute approximate surface area is 86.5 Å². The minimum absolute atomic E-state index is 0.100. The minimum Gasteiger partial charge on any atom is -0.326 e. The van der Waals surface area contributed by atoms with Gasteiger partial charge in [0.25, 0.3) is 0 Å². The van der Waals surface area contributed by atoms with E-state index in [-0.39, 0.29) is 12.1 Å². The van der Waals surface area contributed by atoms with Crippen molar-refractivity contribution in [1.29, 1.82) is 0 Å². The Kier molecular flexibility index (Phi) is 3.12. The van der Waals surface area contributed by atoms with Gasteiger partial charge in [0.1, 0.15) is 0 Å². The van der Waals surface area contributed by atoms with Crippen molar-refractivity contribution in [3.63, 3.8) is 0 Å². The van der Waals surface area contributed by atoms with E-state index >= 15 is 0 Å². The van der Waals surface area contributed by atoms with Gasteiger partial charge < -0.3 is 5.73 Å². The maximum absolute atomic E-state index is 12.3. The zero-order valence-electron chi connectivity index (χ0n) is 6.40. The molecule has 1 aromatic heterocycles. The molecular weight excluding hydrogens is 296 g/mol. The number of aromatic nitrogens is 1. The summed E-state index contributed by atoms with van der Waals surface area (Å²) in [6.07, 6.45) is -2.22. The first-order valence-electron chi connectivity index (χ1n) is 3.36. The summed E-state index contributed by atoms with van der Waals surface area (Å²) in [5, 5.41) is 0. The summed E-state index contributed by atoms with van der Waals surface area (Å²) in [5.41, 5.74) is 4.57. The molecule has 72 valence electrons. The van der Waals surface area contributed by atoms with Crippen LogP contribution in [0.25, 0.3) is 0 Å². The molecule has 0 fully saturated rings. The summed E-state index contributed by atoms with van der Waals surface area (Å²) in [4.78, 5) is 3.48. The molecule has 0 aromatic carbocycles. The fourth-order valence-corrected chi connectivity index (χ4v) is 1.59. The maximum Gasteiger partial charge on any atom is 0.418 e. The number of nitrogens with zero attached hydrogens (tertiary/aromatic N) is 1. The molecule has 0 saturated heterocycles. The number of rotatable bonds is 1. The predicted octanol–water partition coefficient (Wildman–Crippen LogP) is 2.16. The molecule has 0 amide bonds. The maximum atomic E-state index is 12.3. The van der Waals surface area contributed by atoms with E-state index in [4.69, 9.17) is 5.73 Å². The molecule has 2 nitrogen and oxygen atoms in total. The molecule has 0 bridgehead atoms. The summed E-state index contributed by atoms with van der Waals surface area (Å²) in [6.45, 7) is -0.129. The van der Waals surface area contributed by atoms with Crippen molar-refractivity contribution in [2.45, 2.75) is 12.7 Å². The van der Waals surface area contributed by atoms with Gasteiger partial charge in [-0.25, -0.2) is 0 Å². The minimum atomic E-state index is -4.37. The lowest BCUT2D eigenvalue weighted by molar-refractivity contribution is -0.138. The van der Waals surface area contributed by atoms with Gasteiger partial charge in [-0.1, -0.05) is 0 Å². The van der Waals surface area contributed by atoms with Crippen LogP contribution in [0.15, 0.2) is 12.4 Å². The number of nitrogens with two attached hydrogens (primary N) is 1. The average Bonchev–Trinajstić information content (AvgIpc) is 2.02. The monoisotopic (exact) mass is 302 g/mol. The topological polar surface area (TPSA) is 38.9 Å². The second-order valence-electron chi connectivity index (χ2n) is 2.35. The predicted molar refractivity (Wildman–Crippen MR) is 49.8 cm³/mol. The molecule has 0 aliphatic heterocycles. The van der Waals surface area contributed by atoms with E-state index in [0.717, 1.165) is 6.20 Å². The lowest BCUT2D eigenvalue weighted by Crippen LogP contribution is -2.13. The van der Waals surface area contributed by atoms with Crippen LogP contribution in [0.4, 0.5) is 13.2 Å². The molecule has 1 heterocycles. The van der Waals surface area contributed by atoms with E-state index in [9.17, 15) is 13.2 Å². The van der Waals surface area contributed by atoms with Gasteiger partial charge in [0.15, 0.2) is 0 Å². The Morgan fingerprint density at radius 3 is 2.38 bits per heavy atom. The van der Waals surface area contributed by atoms with Crippen LogP contribution in [-0.2, 0) is 12.7 Å². The molecule has 13 heavy (non-hydrogen) atoms. The fourth-order valence-electron chi connectivity index (χ4n) is 0.913. The van der Waals surface area contributed by atoms with Crippen LogP contribution in [0.2, 0.25) is 0 Å². The summed E-state index contributed by atoms with van der Waals surface area (Å²) in [6, 6.07) is 0. The molecule has 1 rings (SSSR count). The second-order valence-corrected chi connectivity index (χ2v) is 3.51. The lowest BCUT2D eigenvalue weighted by atomic mass is 10.1. The zero-order valence-corrected chi connectivity index (χ0v) is 8.56. The van der Waals surface area contributed by atoms with Gasteiger partial charge in [0, 0.05) is 22.5 Å². The van der Waals surface area contributed by atoms with Crippen molar-refractivity contribution in [3.05, 3.63) is 27.1 Å². The highest BCUT2D eigenvalue weighted by atomic mass is 127. The van der Waals surface area contributed by atoms with Gasteiger partial charge >= 0.3 is 6.18 Å². The largest absolute Gasteiger partial charge is 0.418 e. The smallest absolute Gasteiger partial charge is 0.326 e. The van der Waals surface area contributed by atoms with Crippen molar-refractivity contribution >= 4 is 22.6 Å². The number of pyridine rings is 1. The highest BCUT2D eigenvalue weighted by molar-refractivity contribution is 14.1. The van der Waals surface area contributed by atoms with Crippen LogP contribution in [0.1, 0.15) is 11.1 Å². The van der Waals surface area contributed by atoms with Gasteiger partial charge in [0.05, 0.1) is 5.56 Å². The standard InChI is InChI=1S/C7H6F3IN2/c8-7(9,10)5-2-13-3-6(11)4(5)1-12/h2-3H,1,12H2. The van der Waals surface area contributed by atoms with Crippen LogP contribution in [0, 0.1) is 3.57 Å². The highest BCUT2D eigenvalue weighted by Gasteiger charge is 2.34. The van der Waals surface area contributed by atoms with Crippen LogP contribution < -0.4 is 5.73 Å². The van der Waals surface area contributed by atoms with Crippen molar-refractivity contribution < 1.29 is 13.2 Å². The first kappa shape index (κ1) is 10.7. The molecule has 2 N–H and O–H groups in total. The van der Waals surface area contributed by atoms with E-state index < -0.39 is 11.7 Å². The molecule has 0 atom stereocenters. The number of hydrogen-bond donors (Lipinski definition) is 1. The highest BCUT2D eigenvalue weighted by Crippen LogP contribution is 2.32. The Bertz CT molecular complexity index is 311. The zero-order chi connectivity index (χ0) is 10.1. The first-order chi connectivity index (χ1) is 5.96. The molecule has 0 aliphatic carbocycles. The van der Waals surface area contributed by atoms with Gasteiger partial charge in [-0.05, 0) is 28.2 Å². The van der Waals surface area contributed by atoms with Crippen LogP contribution in [-0.4, -0.2) is 4.98 Å². The number of alkyl halides is 3. The second kappa shape index (κ2) is 3.79. The number of halogens is 4. The van der Waals surface area contributed by atoms with Crippen molar-refractivity contribution in [3.8, 4) is 0 Å². The van der Waals surface area contributed by atoms with Gasteiger partial charge in [-0.3, -0.25) is 4.98 Å². The van der Waals surface area contributed by atoms with Crippen LogP contribution in [0.3, 0.4) is 0 Å². The van der Waals surface area contributed by atoms with E-state index in [1.807, 2.05) is 0 Å². The molecule has 0 aliphatic rings. The Balaban J connectivity index is 3.29. The fraction of sp³-hybridized carbons (Fsp3) is 0.286. The van der Waals surface area contributed by atoms with Gasteiger partial charge in [0.2, 0.25) is 0 Å². The SMILES string of the molecule is NCc1c(I)cncc1C(F)(F)F. The Morgan fingerprint density at radius 1 is 1.38 bits per heavy atom. The summed E-state index contributed by atoms with van der Waals surface area (Å²) in [5.74, 6) is 0. The quantitative estimate of drug-likeness (QED) is 0.808. The van der Waals surface area contributed by atoms with Gasteiger partial charge in [-0.15, -0.1) is 0 Å². The summed E-state index contributed by atoms with van der Waals surface area (Å²) < 4.78 is 37.4. The molecule has 0 unspecified atom stereocenters. The van der Waals surface area contributed by atoms with Crippen molar-refractivity contribution in [1.82, 2.24) is 4.98 Å². The lowest BCUT2D eigenvalue weighted by Gasteiger charge is -2.11. The van der Waals surface area contributed by atoms with E-state index in [1.54, 1.807) is 22.6 Å². The van der Waals surface area contributed by atoms with Crippen LogP contribution in [0.5, 0.6) is 0 Å². The molecule has 6 heteroatoms. The summed E-state index contributed by atoms with van der Waals surface area (Å²) in [7, 11) is 0. The number of hydrogen-bond acceptors (Lipinski definition) is 2. The van der Waals surface area contributed by atoms with E-state index in [2.05, 4.69) is 4.98 Å².